The van der Waals surface area contributed by atoms with Gasteiger partial charge < -0.3 is 10.2 Å². The van der Waals surface area contributed by atoms with Crippen LogP contribution in [0.1, 0.15) is 42.2 Å². The van der Waals surface area contributed by atoms with Gasteiger partial charge in [0.15, 0.2) is 9.84 Å². The van der Waals surface area contributed by atoms with Crippen LogP contribution in [0, 0.1) is 0 Å². The van der Waals surface area contributed by atoms with Crippen molar-refractivity contribution in [2.45, 2.75) is 32.2 Å². The molecule has 1 saturated heterocycles. The lowest BCUT2D eigenvalue weighted by Gasteiger charge is -2.23. The fourth-order valence-corrected chi connectivity index (χ4v) is 4.84. The van der Waals surface area contributed by atoms with E-state index in [1.54, 1.807) is 13.1 Å². The zero-order chi connectivity index (χ0) is 19.6. The Morgan fingerprint density at radius 2 is 1.93 bits per heavy atom. The van der Waals surface area contributed by atoms with Crippen LogP contribution in [0.2, 0.25) is 0 Å². The number of aromatic nitrogens is 2. The minimum atomic E-state index is -3.05. The molecule has 1 unspecified atom stereocenters. The molecule has 1 aromatic carbocycles. The molecule has 7 nitrogen and oxygen atoms in total. The molecule has 2 heterocycles. The van der Waals surface area contributed by atoms with Crippen molar-refractivity contribution in [1.29, 1.82) is 0 Å². The van der Waals surface area contributed by atoms with E-state index in [-0.39, 0.29) is 29.1 Å². The summed E-state index contributed by atoms with van der Waals surface area (Å²) in [4.78, 5) is 22.4. The predicted molar refractivity (Wildman–Crippen MR) is 105 cm³/mol. The van der Waals surface area contributed by atoms with Crippen LogP contribution in [0.5, 0.6) is 0 Å². The van der Waals surface area contributed by atoms with Gasteiger partial charge in [-0.25, -0.2) is 18.4 Å². The Morgan fingerprint density at radius 3 is 2.52 bits per heavy atom. The number of carbonyl (C=O) groups excluding carboxylic acids is 1. The standard InChI is InChI=1S/C19H24N4O3S/c1-13(2)14-4-6-15(7-5-14)22-18-10-17(20-12-21-18)19(24)23(3)16-8-9-27(25,26)11-16/h4-7,10,12-13,16H,8-9,11H2,1-3H3,(H,20,21,22). The fraction of sp³-hybridized carbons (Fsp3) is 0.421. The number of sulfone groups is 1. The maximum atomic E-state index is 12.7. The maximum Gasteiger partial charge on any atom is 0.272 e. The molecular formula is C19H24N4O3S. The van der Waals surface area contributed by atoms with Crippen molar-refractivity contribution in [1.82, 2.24) is 14.9 Å². The summed E-state index contributed by atoms with van der Waals surface area (Å²) < 4.78 is 23.3. The Bertz CT molecular complexity index is 926. The highest BCUT2D eigenvalue weighted by atomic mass is 32.2. The molecule has 144 valence electrons. The molecule has 0 radical (unpaired) electrons. The van der Waals surface area contributed by atoms with E-state index in [4.69, 9.17) is 0 Å². The van der Waals surface area contributed by atoms with Gasteiger partial charge in [0.1, 0.15) is 17.8 Å². The third-order valence-electron chi connectivity index (χ3n) is 4.81. The van der Waals surface area contributed by atoms with Crippen molar-refractivity contribution in [3.63, 3.8) is 0 Å². The summed E-state index contributed by atoms with van der Waals surface area (Å²) in [5, 5.41) is 3.17. The summed E-state index contributed by atoms with van der Waals surface area (Å²) in [5.74, 6) is 0.791. The van der Waals surface area contributed by atoms with Crippen molar-refractivity contribution >= 4 is 27.2 Å². The number of hydrogen-bond acceptors (Lipinski definition) is 6. The summed E-state index contributed by atoms with van der Waals surface area (Å²) in [7, 11) is -1.44. The number of amides is 1. The molecule has 1 fully saturated rings. The van der Waals surface area contributed by atoms with Crippen LogP contribution < -0.4 is 5.32 Å². The highest BCUT2D eigenvalue weighted by Crippen LogP contribution is 2.21. The summed E-state index contributed by atoms with van der Waals surface area (Å²) in [6, 6.07) is 9.31. The number of carbonyl (C=O) groups is 1. The molecular weight excluding hydrogens is 364 g/mol. The van der Waals surface area contributed by atoms with Crippen molar-refractivity contribution in [2.24, 2.45) is 0 Å². The number of anilines is 2. The summed E-state index contributed by atoms with van der Waals surface area (Å²) >= 11 is 0. The summed E-state index contributed by atoms with van der Waals surface area (Å²) in [5.41, 5.74) is 2.34. The monoisotopic (exact) mass is 388 g/mol. The molecule has 1 aromatic heterocycles. The first kappa shape index (κ1) is 19.3. The van der Waals surface area contributed by atoms with E-state index in [9.17, 15) is 13.2 Å². The third kappa shape index (κ3) is 4.63. The van der Waals surface area contributed by atoms with Gasteiger partial charge in [-0.2, -0.15) is 0 Å². The van der Waals surface area contributed by atoms with Crippen LogP contribution in [0.15, 0.2) is 36.7 Å². The molecule has 1 atom stereocenters. The summed E-state index contributed by atoms with van der Waals surface area (Å²) in [6.07, 6.45) is 1.79. The first-order valence-corrected chi connectivity index (χ1v) is 10.7. The smallest absolute Gasteiger partial charge is 0.272 e. The van der Waals surface area contributed by atoms with E-state index >= 15 is 0 Å². The van der Waals surface area contributed by atoms with E-state index in [0.717, 1.165) is 5.69 Å². The van der Waals surface area contributed by atoms with Gasteiger partial charge in [0.25, 0.3) is 5.91 Å². The Labute approximate surface area is 159 Å². The van der Waals surface area contributed by atoms with Crippen LogP contribution >= 0.6 is 0 Å². The van der Waals surface area contributed by atoms with Crippen LogP contribution in [0.4, 0.5) is 11.5 Å². The molecule has 1 aliphatic rings. The second-order valence-electron chi connectivity index (χ2n) is 7.16. The van der Waals surface area contributed by atoms with E-state index < -0.39 is 9.84 Å². The summed E-state index contributed by atoms with van der Waals surface area (Å²) in [6.45, 7) is 4.27. The average molecular weight is 388 g/mol. The molecule has 1 aliphatic heterocycles. The average Bonchev–Trinajstić information content (AvgIpc) is 3.01. The number of benzene rings is 1. The SMILES string of the molecule is CC(C)c1ccc(Nc2cc(C(=O)N(C)C3CCS(=O)(=O)C3)ncn2)cc1. The third-order valence-corrected chi connectivity index (χ3v) is 6.56. The van der Waals surface area contributed by atoms with Gasteiger partial charge >= 0.3 is 0 Å². The second-order valence-corrected chi connectivity index (χ2v) is 9.39. The lowest BCUT2D eigenvalue weighted by atomic mass is 10.0. The molecule has 1 N–H and O–H groups in total. The molecule has 1 amide bonds. The van der Waals surface area contributed by atoms with Gasteiger partial charge in [-0.15, -0.1) is 0 Å². The van der Waals surface area contributed by atoms with Crippen LogP contribution in [0.3, 0.4) is 0 Å². The Hall–Kier alpha value is -2.48. The zero-order valence-corrected chi connectivity index (χ0v) is 16.5. The molecule has 0 aliphatic carbocycles. The van der Waals surface area contributed by atoms with E-state index in [2.05, 4.69) is 41.3 Å². The minimum Gasteiger partial charge on any atom is -0.340 e. The van der Waals surface area contributed by atoms with Crippen LogP contribution in [0.25, 0.3) is 0 Å². The fourth-order valence-electron chi connectivity index (χ4n) is 3.07. The topological polar surface area (TPSA) is 92.3 Å². The van der Waals surface area contributed by atoms with E-state index in [1.165, 1.54) is 16.8 Å². The van der Waals surface area contributed by atoms with Gasteiger partial charge in [-0.3, -0.25) is 4.79 Å². The lowest BCUT2D eigenvalue weighted by Crippen LogP contribution is -2.38. The first-order chi connectivity index (χ1) is 12.7. The number of rotatable bonds is 5. The zero-order valence-electron chi connectivity index (χ0n) is 15.7. The highest BCUT2D eigenvalue weighted by molar-refractivity contribution is 7.91. The molecule has 27 heavy (non-hydrogen) atoms. The van der Waals surface area contributed by atoms with Gasteiger partial charge in [0, 0.05) is 24.8 Å². The van der Waals surface area contributed by atoms with Crippen molar-refractivity contribution in [2.75, 3.05) is 23.9 Å². The van der Waals surface area contributed by atoms with Crippen molar-refractivity contribution in [3.8, 4) is 0 Å². The number of nitrogens with one attached hydrogen (secondary N) is 1. The normalized spacial score (nSPS) is 18.4. The van der Waals surface area contributed by atoms with Gasteiger partial charge in [0.2, 0.25) is 0 Å². The number of hydrogen-bond donors (Lipinski definition) is 1. The second kappa shape index (κ2) is 7.64. The lowest BCUT2D eigenvalue weighted by molar-refractivity contribution is 0.0741. The van der Waals surface area contributed by atoms with Crippen LogP contribution in [-0.4, -0.2) is 53.8 Å². The Kier molecular flexibility index (Phi) is 5.46. The maximum absolute atomic E-state index is 12.7. The predicted octanol–water partition coefficient (Wildman–Crippen LogP) is 2.60. The minimum absolute atomic E-state index is 0.00757. The Balaban J connectivity index is 1.72. The molecule has 3 rings (SSSR count). The Morgan fingerprint density at radius 1 is 1.22 bits per heavy atom. The molecule has 0 spiro atoms. The van der Waals surface area contributed by atoms with Crippen LogP contribution in [-0.2, 0) is 9.84 Å². The van der Waals surface area contributed by atoms with Gasteiger partial charge in [-0.05, 0) is 30.0 Å². The molecule has 2 aromatic rings. The number of nitrogens with zero attached hydrogens (tertiary/aromatic N) is 3. The molecule has 0 saturated carbocycles. The van der Waals surface area contributed by atoms with E-state index in [0.29, 0.717) is 18.2 Å². The molecule has 0 bridgehead atoms. The van der Waals surface area contributed by atoms with Crippen molar-refractivity contribution < 1.29 is 13.2 Å². The van der Waals surface area contributed by atoms with Crippen molar-refractivity contribution in [3.05, 3.63) is 47.9 Å². The highest BCUT2D eigenvalue weighted by Gasteiger charge is 2.33. The van der Waals surface area contributed by atoms with E-state index in [1.807, 2.05) is 12.1 Å². The largest absolute Gasteiger partial charge is 0.340 e. The first-order valence-electron chi connectivity index (χ1n) is 8.92. The van der Waals surface area contributed by atoms with Gasteiger partial charge in [-0.1, -0.05) is 26.0 Å². The quantitative estimate of drug-likeness (QED) is 0.846. The van der Waals surface area contributed by atoms with Gasteiger partial charge in [0.05, 0.1) is 11.5 Å². The molecule has 8 heteroatoms.